The van der Waals surface area contributed by atoms with E-state index in [4.69, 9.17) is 24.7 Å². The Kier molecular flexibility index (Phi) is 3.41. The molecule has 0 saturated carbocycles. The summed E-state index contributed by atoms with van der Waals surface area (Å²) in [7, 11) is 0. The third kappa shape index (κ3) is 2.20. The first kappa shape index (κ1) is 17.0. The van der Waals surface area contributed by atoms with E-state index < -0.39 is 30.2 Å². The summed E-state index contributed by atoms with van der Waals surface area (Å²) in [5, 5.41) is 9.90. The van der Waals surface area contributed by atoms with Gasteiger partial charge in [-0.1, -0.05) is 36.4 Å². The highest BCUT2D eigenvalue weighted by atomic mass is 17.0. The van der Waals surface area contributed by atoms with Crippen molar-refractivity contribution in [3.8, 4) is 0 Å². The second-order valence-electron chi connectivity index (χ2n) is 7.10. The van der Waals surface area contributed by atoms with Crippen molar-refractivity contribution in [2.24, 2.45) is 0 Å². The molecule has 7 rings (SSSR count). The van der Waals surface area contributed by atoms with Crippen molar-refractivity contribution in [3.63, 3.8) is 0 Å². The van der Waals surface area contributed by atoms with Gasteiger partial charge in [-0.3, -0.25) is 14.0 Å². The molecular weight excluding hydrogens is 378 g/mol. The maximum atomic E-state index is 9.90. The lowest BCUT2D eigenvalue weighted by molar-refractivity contribution is -0.533. The normalized spacial score (nSPS) is 35.3. The maximum Gasteiger partial charge on any atom is 0.294 e. The van der Waals surface area contributed by atoms with E-state index in [0.717, 1.165) is 5.56 Å². The highest BCUT2D eigenvalue weighted by Gasteiger charge is 2.81. The molecule has 3 atom stereocenters. The molecule has 4 fully saturated rings. The zero-order valence-corrected chi connectivity index (χ0v) is 15.1. The Balaban J connectivity index is 1.35. The average Bonchev–Trinajstić information content (AvgIpc) is 3.43. The molecule has 3 N–H and O–H groups in total. The minimum absolute atomic E-state index is 0.250. The van der Waals surface area contributed by atoms with Crippen molar-refractivity contribution in [2.75, 3.05) is 12.3 Å². The molecule has 3 aromatic rings. The van der Waals surface area contributed by atoms with Gasteiger partial charge < -0.3 is 20.3 Å². The number of nitrogens with zero attached hydrogens (tertiary/aromatic N) is 4. The Bertz CT molecular complexity index is 1110. The molecule has 1 aromatic carbocycles. The highest BCUT2D eigenvalue weighted by molar-refractivity contribution is 5.81. The molecule has 10 nitrogen and oxygen atoms in total. The molecule has 0 amide bonds. The van der Waals surface area contributed by atoms with E-state index in [2.05, 4.69) is 15.0 Å². The standard InChI is InChI=1S/C19H17N5O5/c20-16-13-17(22-9-21-16)24(10-23-13)19-15-14(18(8-25,28-19)29-19)26-12(27-15)7-6-11-4-2-1-3-5-11/h1-7,9-10,12,14-15,25H,8H2,(H2,20,21,22)/t12-,14+,15?,18?,19?/m0/s1. The van der Waals surface area contributed by atoms with Crippen LogP contribution in [0.4, 0.5) is 5.82 Å². The van der Waals surface area contributed by atoms with Crippen LogP contribution < -0.4 is 5.73 Å². The molecule has 4 aliphatic rings. The summed E-state index contributed by atoms with van der Waals surface area (Å²) in [6, 6.07) is 9.82. The number of hydrogen-bond acceptors (Lipinski definition) is 9. The van der Waals surface area contributed by atoms with E-state index in [0.29, 0.717) is 11.2 Å². The van der Waals surface area contributed by atoms with Crippen LogP contribution in [0.5, 0.6) is 0 Å². The van der Waals surface area contributed by atoms with Crippen molar-refractivity contribution in [3.05, 3.63) is 54.6 Å². The van der Waals surface area contributed by atoms with Gasteiger partial charge in [0.05, 0.1) is 0 Å². The number of benzene rings is 1. The third-order valence-electron chi connectivity index (χ3n) is 5.43. The molecule has 2 bridgehead atoms. The summed E-state index contributed by atoms with van der Waals surface area (Å²) in [5.41, 5.74) is 7.78. The summed E-state index contributed by atoms with van der Waals surface area (Å²) < 4.78 is 25.7. The first-order valence-corrected chi connectivity index (χ1v) is 9.15. The number of imidazole rings is 1. The van der Waals surface area contributed by atoms with Gasteiger partial charge in [-0.15, -0.1) is 0 Å². The summed E-state index contributed by atoms with van der Waals surface area (Å²) in [5.74, 6) is -2.40. The van der Waals surface area contributed by atoms with E-state index in [-0.39, 0.29) is 12.4 Å². The number of rotatable bonds is 4. The summed E-state index contributed by atoms with van der Waals surface area (Å²) in [4.78, 5) is 12.5. The Morgan fingerprint density at radius 1 is 1.10 bits per heavy atom. The van der Waals surface area contributed by atoms with Gasteiger partial charge in [0.15, 0.2) is 30.0 Å². The molecule has 29 heavy (non-hydrogen) atoms. The topological polar surface area (TPSA) is 127 Å². The number of hydrogen-bond donors (Lipinski definition) is 2. The molecule has 2 aromatic heterocycles. The summed E-state index contributed by atoms with van der Waals surface area (Å²) in [6.45, 7) is -0.377. The smallest absolute Gasteiger partial charge is 0.294 e. The number of ether oxygens (including phenoxy) is 4. The van der Waals surface area contributed by atoms with Gasteiger partial charge in [0, 0.05) is 0 Å². The van der Waals surface area contributed by atoms with Crippen molar-refractivity contribution in [2.45, 2.75) is 30.2 Å². The van der Waals surface area contributed by atoms with Crippen LogP contribution in [0.25, 0.3) is 17.2 Å². The van der Waals surface area contributed by atoms with Gasteiger partial charge in [0.2, 0.25) is 5.79 Å². The maximum absolute atomic E-state index is 9.90. The van der Waals surface area contributed by atoms with Crippen LogP contribution in [0.3, 0.4) is 0 Å². The van der Waals surface area contributed by atoms with E-state index in [1.807, 2.05) is 42.5 Å². The molecule has 0 radical (unpaired) electrons. The summed E-state index contributed by atoms with van der Waals surface area (Å²) in [6.07, 6.45) is 4.72. The van der Waals surface area contributed by atoms with Crippen LogP contribution in [-0.4, -0.2) is 55.5 Å². The van der Waals surface area contributed by atoms with Crippen molar-refractivity contribution in [1.82, 2.24) is 19.5 Å². The summed E-state index contributed by atoms with van der Waals surface area (Å²) >= 11 is 0. The van der Waals surface area contributed by atoms with Gasteiger partial charge in [0.1, 0.15) is 24.8 Å². The number of aliphatic hydroxyl groups excluding tert-OH is 1. The zero-order valence-electron chi connectivity index (χ0n) is 15.1. The quantitative estimate of drug-likeness (QED) is 0.652. The second kappa shape index (κ2) is 5.81. The monoisotopic (exact) mass is 395 g/mol. The van der Waals surface area contributed by atoms with Crippen molar-refractivity contribution in [1.29, 1.82) is 0 Å². The number of nitrogen functional groups attached to an aromatic ring is 1. The molecule has 4 saturated heterocycles. The lowest BCUT2D eigenvalue weighted by Gasteiger charge is -2.47. The van der Waals surface area contributed by atoms with E-state index >= 15 is 0 Å². The molecule has 0 spiro atoms. The van der Waals surface area contributed by atoms with Gasteiger partial charge in [-0.2, -0.15) is 0 Å². The molecule has 0 aliphatic carbocycles. The number of fused-ring (bicyclic) bond motifs is 1. The molecule has 10 heteroatoms. The van der Waals surface area contributed by atoms with E-state index in [1.165, 1.54) is 12.7 Å². The Hall–Kier alpha value is -2.89. The highest BCUT2D eigenvalue weighted by Crippen LogP contribution is 2.60. The van der Waals surface area contributed by atoms with E-state index in [9.17, 15) is 5.11 Å². The molecule has 4 aliphatic heterocycles. The Morgan fingerprint density at radius 3 is 2.69 bits per heavy atom. The second-order valence-corrected chi connectivity index (χ2v) is 7.10. The molecule has 1 unspecified atom stereocenters. The van der Waals surface area contributed by atoms with Crippen LogP contribution in [-0.2, 0) is 24.9 Å². The fourth-order valence-electron chi connectivity index (χ4n) is 4.13. The van der Waals surface area contributed by atoms with E-state index in [1.54, 1.807) is 4.57 Å². The Labute approximate surface area is 164 Å². The SMILES string of the molecule is Nc1ncnc2c1ncn2C12OC(CO)(O1)[C@@H]1O[C@H](C=Cc3ccccc3)OC12. The van der Waals surface area contributed by atoms with Gasteiger partial charge in [-0.25, -0.2) is 15.0 Å². The fraction of sp³-hybridized carbons (Fsp3) is 0.316. The van der Waals surface area contributed by atoms with Crippen LogP contribution in [0.15, 0.2) is 49.1 Å². The van der Waals surface area contributed by atoms with Crippen molar-refractivity contribution >= 4 is 23.1 Å². The third-order valence-corrected chi connectivity index (χ3v) is 5.43. The predicted molar refractivity (Wildman–Crippen MR) is 98.7 cm³/mol. The van der Waals surface area contributed by atoms with Crippen LogP contribution in [0.2, 0.25) is 0 Å². The van der Waals surface area contributed by atoms with Gasteiger partial charge in [-0.05, 0) is 11.6 Å². The number of aliphatic hydroxyl groups is 1. The number of aromatic nitrogens is 4. The average molecular weight is 395 g/mol. The van der Waals surface area contributed by atoms with Crippen molar-refractivity contribution < 1.29 is 24.1 Å². The molecule has 6 heterocycles. The van der Waals surface area contributed by atoms with Gasteiger partial charge in [0.25, 0.3) is 5.91 Å². The zero-order chi connectivity index (χ0) is 19.6. The van der Waals surface area contributed by atoms with Gasteiger partial charge >= 0.3 is 0 Å². The first-order valence-electron chi connectivity index (χ1n) is 9.15. The fourth-order valence-corrected chi connectivity index (χ4v) is 4.13. The minimum Gasteiger partial charge on any atom is -0.391 e. The Morgan fingerprint density at radius 2 is 1.90 bits per heavy atom. The molecule has 148 valence electrons. The van der Waals surface area contributed by atoms with Crippen LogP contribution in [0, 0.1) is 0 Å². The first-order chi connectivity index (χ1) is 14.2. The molecular formula is C19H17N5O5. The minimum atomic E-state index is -1.35. The van der Waals surface area contributed by atoms with Crippen LogP contribution >= 0.6 is 0 Å². The largest absolute Gasteiger partial charge is 0.391 e. The number of nitrogens with two attached hydrogens (primary N) is 1. The van der Waals surface area contributed by atoms with Crippen LogP contribution in [0.1, 0.15) is 5.56 Å². The number of anilines is 1. The lowest BCUT2D eigenvalue weighted by atomic mass is 10.1. The lowest BCUT2D eigenvalue weighted by Crippen LogP contribution is -2.62. The predicted octanol–water partition coefficient (Wildman–Crippen LogP) is 0.591.